The number of aromatic nitrogens is 3. The van der Waals surface area contributed by atoms with Gasteiger partial charge in [-0.25, -0.2) is 18.7 Å². The molecule has 160 valence electrons. The Morgan fingerprint density at radius 2 is 2.03 bits per heavy atom. The molecular formula is C21H18F2N4O2S2. The summed E-state index contributed by atoms with van der Waals surface area (Å²) in [6.07, 6.45) is 0. The van der Waals surface area contributed by atoms with Crippen molar-refractivity contribution >= 4 is 45.2 Å². The standard InChI is InChI=1S/C21H18F2N4O2S2/c1-29-9-8-27-18-5-3-2-4-16(18)25-21(27)31-12-19(28)26-20-24-17(11-30-20)13-6-7-14(22)15(23)10-13/h2-7,10-11H,8-9,12H2,1H3,(H,24,26,28). The Hall–Kier alpha value is -2.82. The van der Waals surface area contributed by atoms with Crippen LogP contribution in [0.2, 0.25) is 0 Å². The summed E-state index contributed by atoms with van der Waals surface area (Å²) >= 11 is 2.54. The van der Waals surface area contributed by atoms with Crippen molar-refractivity contribution in [2.45, 2.75) is 11.7 Å². The highest BCUT2D eigenvalue weighted by atomic mass is 32.2. The van der Waals surface area contributed by atoms with Crippen molar-refractivity contribution in [1.29, 1.82) is 0 Å². The minimum absolute atomic E-state index is 0.149. The molecule has 0 saturated heterocycles. The topological polar surface area (TPSA) is 69.0 Å². The Labute approximate surface area is 185 Å². The first-order valence-corrected chi connectivity index (χ1v) is 11.2. The number of halogens is 2. The molecule has 10 heteroatoms. The largest absolute Gasteiger partial charge is 0.383 e. The molecule has 1 N–H and O–H groups in total. The molecule has 2 aromatic heterocycles. The van der Waals surface area contributed by atoms with Crippen LogP contribution in [0.25, 0.3) is 22.3 Å². The number of thioether (sulfide) groups is 1. The molecule has 2 heterocycles. The Balaban J connectivity index is 1.42. The van der Waals surface area contributed by atoms with E-state index in [1.165, 1.54) is 29.2 Å². The summed E-state index contributed by atoms with van der Waals surface area (Å²) in [6.45, 7) is 1.16. The van der Waals surface area contributed by atoms with Crippen molar-refractivity contribution in [1.82, 2.24) is 14.5 Å². The van der Waals surface area contributed by atoms with Crippen LogP contribution in [0.3, 0.4) is 0 Å². The number of thiazole rings is 1. The van der Waals surface area contributed by atoms with Crippen molar-refractivity contribution in [3.05, 3.63) is 59.5 Å². The predicted molar refractivity (Wildman–Crippen MR) is 118 cm³/mol. The highest BCUT2D eigenvalue weighted by Gasteiger charge is 2.14. The van der Waals surface area contributed by atoms with Crippen LogP contribution in [0.15, 0.2) is 53.0 Å². The van der Waals surface area contributed by atoms with Crippen molar-refractivity contribution in [2.24, 2.45) is 0 Å². The molecule has 4 rings (SSSR count). The molecule has 0 aliphatic carbocycles. The number of carbonyl (C=O) groups is 1. The summed E-state index contributed by atoms with van der Waals surface area (Å²) in [5.41, 5.74) is 2.75. The number of fused-ring (bicyclic) bond motifs is 1. The number of anilines is 1. The summed E-state index contributed by atoms with van der Waals surface area (Å²) in [5, 5.41) is 5.54. The average Bonchev–Trinajstić information content (AvgIpc) is 3.37. The summed E-state index contributed by atoms with van der Waals surface area (Å²) < 4.78 is 33.8. The average molecular weight is 461 g/mol. The van der Waals surface area contributed by atoms with Crippen LogP contribution in [-0.2, 0) is 16.1 Å². The monoisotopic (exact) mass is 460 g/mol. The van der Waals surface area contributed by atoms with Crippen LogP contribution in [0.1, 0.15) is 0 Å². The van der Waals surface area contributed by atoms with Gasteiger partial charge in [-0.15, -0.1) is 11.3 Å². The molecule has 0 spiro atoms. The Bertz CT molecular complexity index is 1230. The van der Waals surface area contributed by atoms with Gasteiger partial charge in [-0.3, -0.25) is 4.79 Å². The van der Waals surface area contributed by atoms with Crippen LogP contribution >= 0.6 is 23.1 Å². The van der Waals surface area contributed by atoms with Crippen molar-refractivity contribution < 1.29 is 18.3 Å². The number of amides is 1. The van der Waals surface area contributed by atoms with E-state index >= 15 is 0 Å². The first-order chi connectivity index (χ1) is 15.0. The third kappa shape index (κ3) is 4.92. The number of hydrogen-bond donors (Lipinski definition) is 1. The van der Waals surface area contributed by atoms with E-state index in [1.807, 2.05) is 28.8 Å². The van der Waals surface area contributed by atoms with E-state index < -0.39 is 11.6 Å². The maximum atomic E-state index is 13.4. The zero-order valence-electron chi connectivity index (χ0n) is 16.5. The first kappa shape index (κ1) is 21.4. The summed E-state index contributed by atoms with van der Waals surface area (Å²) in [4.78, 5) is 21.3. The molecule has 0 unspecified atom stereocenters. The molecule has 2 aromatic carbocycles. The Morgan fingerprint density at radius 1 is 1.19 bits per heavy atom. The molecule has 6 nitrogen and oxygen atoms in total. The molecule has 0 fully saturated rings. The molecule has 0 radical (unpaired) electrons. The number of hydrogen-bond acceptors (Lipinski definition) is 6. The molecule has 0 atom stereocenters. The highest BCUT2D eigenvalue weighted by Crippen LogP contribution is 2.27. The molecule has 0 bridgehead atoms. The molecule has 0 aliphatic rings. The fourth-order valence-electron chi connectivity index (χ4n) is 2.97. The number of para-hydroxylation sites is 2. The van der Waals surface area contributed by atoms with Crippen LogP contribution in [0.5, 0.6) is 0 Å². The number of rotatable bonds is 8. The number of nitrogens with one attached hydrogen (secondary N) is 1. The smallest absolute Gasteiger partial charge is 0.236 e. The van der Waals surface area contributed by atoms with Gasteiger partial charge in [0.05, 0.1) is 29.1 Å². The third-order valence-electron chi connectivity index (χ3n) is 4.44. The number of ether oxygens (including phenoxy) is 1. The van der Waals surface area contributed by atoms with Gasteiger partial charge in [0.25, 0.3) is 0 Å². The van der Waals surface area contributed by atoms with Gasteiger partial charge < -0.3 is 14.6 Å². The van der Waals surface area contributed by atoms with Crippen molar-refractivity contribution in [3.63, 3.8) is 0 Å². The minimum Gasteiger partial charge on any atom is -0.383 e. The summed E-state index contributed by atoms with van der Waals surface area (Å²) in [5.74, 6) is -1.94. The van der Waals surface area contributed by atoms with E-state index in [9.17, 15) is 13.6 Å². The lowest BCUT2D eigenvalue weighted by Crippen LogP contribution is -2.14. The van der Waals surface area contributed by atoms with Gasteiger partial charge in [-0.1, -0.05) is 23.9 Å². The van der Waals surface area contributed by atoms with Gasteiger partial charge in [-0.05, 0) is 30.3 Å². The van der Waals surface area contributed by atoms with Crippen LogP contribution in [-0.4, -0.2) is 39.9 Å². The Morgan fingerprint density at radius 3 is 2.84 bits per heavy atom. The summed E-state index contributed by atoms with van der Waals surface area (Å²) in [6, 6.07) is 11.4. The van der Waals surface area contributed by atoms with Gasteiger partial charge in [0.1, 0.15) is 0 Å². The second kappa shape index (κ2) is 9.54. The second-order valence-corrected chi connectivity index (χ2v) is 8.33. The van der Waals surface area contributed by atoms with Gasteiger partial charge in [0.15, 0.2) is 21.9 Å². The normalized spacial score (nSPS) is 11.2. The van der Waals surface area contributed by atoms with Gasteiger partial charge >= 0.3 is 0 Å². The molecule has 0 aliphatic heterocycles. The molecule has 31 heavy (non-hydrogen) atoms. The minimum atomic E-state index is -0.941. The number of nitrogens with zero attached hydrogens (tertiary/aromatic N) is 3. The van der Waals surface area contributed by atoms with Crippen LogP contribution in [0, 0.1) is 11.6 Å². The second-order valence-electron chi connectivity index (χ2n) is 6.53. The van der Waals surface area contributed by atoms with E-state index in [4.69, 9.17) is 4.74 Å². The number of methoxy groups -OCH3 is 1. The number of benzene rings is 2. The van der Waals surface area contributed by atoms with E-state index in [0.29, 0.717) is 29.5 Å². The fraction of sp³-hybridized carbons (Fsp3) is 0.190. The highest BCUT2D eigenvalue weighted by molar-refractivity contribution is 7.99. The molecular weight excluding hydrogens is 442 g/mol. The van der Waals surface area contributed by atoms with Crippen LogP contribution < -0.4 is 5.32 Å². The van der Waals surface area contributed by atoms with E-state index in [1.54, 1.807) is 12.5 Å². The lowest BCUT2D eigenvalue weighted by molar-refractivity contribution is -0.113. The van der Waals surface area contributed by atoms with E-state index in [2.05, 4.69) is 15.3 Å². The predicted octanol–water partition coefficient (Wildman–Crippen LogP) is 4.82. The Kier molecular flexibility index (Phi) is 6.59. The lowest BCUT2D eigenvalue weighted by Gasteiger charge is -2.08. The summed E-state index contributed by atoms with van der Waals surface area (Å²) in [7, 11) is 1.64. The van der Waals surface area contributed by atoms with Gasteiger partial charge in [0.2, 0.25) is 5.91 Å². The SMILES string of the molecule is COCCn1c(SCC(=O)Nc2nc(-c3ccc(F)c(F)c3)cs2)nc2ccccc21. The number of imidazole rings is 1. The van der Waals surface area contributed by atoms with E-state index in [-0.39, 0.29) is 11.7 Å². The van der Waals surface area contributed by atoms with Gasteiger partial charge in [0, 0.05) is 24.6 Å². The van der Waals surface area contributed by atoms with E-state index in [0.717, 1.165) is 28.3 Å². The first-order valence-electron chi connectivity index (χ1n) is 9.33. The van der Waals surface area contributed by atoms with Crippen molar-refractivity contribution in [3.8, 4) is 11.3 Å². The third-order valence-corrected chi connectivity index (χ3v) is 6.17. The maximum absolute atomic E-state index is 13.4. The molecule has 1 amide bonds. The van der Waals surface area contributed by atoms with Crippen molar-refractivity contribution in [2.75, 3.05) is 24.8 Å². The zero-order chi connectivity index (χ0) is 21.8. The number of carbonyl (C=O) groups excluding carboxylic acids is 1. The zero-order valence-corrected chi connectivity index (χ0v) is 18.1. The molecule has 4 aromatic rings. The maximum Gasteiger partial charge on any atom is 0.236 e. The lowest BCUT2D eigenvalue weighted by atomic mass is 10.2. The fourth-order valence-corrected chi connectivity index (χ4v) is 4.54. The van der Waals surface area contributed by atoms with Gasteiger partial charge in [-0.2, -0.15) is 0 Å². The molecule has 0 saturated carbocycles. The van der Waals surface area contributed by atoms with Crippen LogP contribution in [0.4, 0.5) is 13.9 Å². The quantitative estimate of drug-likeness (QED) is 0.382.